The van der Waals surface area contributed by atoms with Gasteiger partial charge in [-0.2, -0.15) is 0 Å². The van der Waals surface area contributed by atoms with Crippen LogP contribution < -0.4 is 10.6 Å². The lowest BCUT2D eigenvalue weighted by Gasteiger charge is -2.14. The van der Waals surface area contributed by atoms with E-state index in [9.17, 15) is 14.4 Å². The second kappa shape index (κ2) is 9.10. The first-order valence-corrected chi connectivity index (χ1v) is 11.4. The summed E-state index contributed by atoms with van der Waals surface area (Å²) in [4.78, 5) is 35.6. The van der Waals surface area contributed by atoms with Crippen molar-refractivity contribution in [1.29, 1.82) is 0 Å². The molecule has 0 saturated heterocycles. The van der Waals surface area contributed by atoms with Crippen LogP contribution in [0, 0.1) is 0 Å². The van der Waals surface area contributed by atoms with Gasteiger partial charge >= 0.3 is 12.1 Å². The van der Waals surface area contributed by atoms with E-state index in [1.807, 2.05) is 24.3 Å². The lowest BCUT2D eigenvalue weighted by Crippen LogP contribution is -2.42. The maximum absolute atomic E-state index is 12.4. The summed E-state index contributed by atoms with van der Waals surface area (Å²) in [6.45, 7) is 0.230. The number of hydrogen-bond donors (Lipinski definition) is 3. The van der Waals surface area contributed by atoms with Gasteiger partial charge in [0.25, 0.3) is 0 Å². The largest absolute Gasteiger partial charge is 0.480 e. The van der Waals surface area contributed by atoms with Crippen molar-refractivity contribution in [2.45, 2.75) is 24.3 Å². The molecule has 3 aromatic rings. The average Bonchev–Trinajstić information content (AvgIpc) is 3.58. The number of carbonyl (C=O) groups is 3. The average molecular weight is 469 g/mol. The number of carboxylic acids is 1. The third-order valence-electron chi connectivity index (χ3n) is 6.45. The molecule has 1 fully saturated rings. The number of benzene rings is 3. The number of carbonyl (C=O) groups excluding carboxylic acids is 2. The van der Waals surface area contributed by atoms with Gasteiger partial charge in [0.2, 0.25) is 5.91 Å². The minimum absolute atomic E-state index is 0.0114. The first-order chi connectivity index (χ1) is 16.9. The van der Waals surface area contributed by atoms with E-state index >= 15 is 0 Å². The molecule has 1 saturated carbocycles. The van der Waals surface area contributed by atoms with Gasteiger partial charge in [-0.3, -0.25) is 10.1 Å². The summed E-state index contributed by atoms with van der Waals surface area (Å²) in [6.07, 6.45) is 3.23. The molecule has 3 N–H and O–H groups in total. The summed E-state index contributed by atoms with van der Waals surface area (Å²) >= 11 is 0. The highest BCUT2D eigenvalue weighted by Crippen LogP contribution is 2.44. The van der Waals surface area contributed by atoms with Crippen molar-refractivity contribution >= 4 is 29.7 Å². The van der Waals surface area contributed by atoms with Crippen LogP contribution in [0.1, 0.15) is 35.4 Å². The topological polar surface area (TPSA) is 105 Å². The monoisotopic (exact) mass is 468 g/mol. The van der Waals surface area contributed by atoms with E-state index in [-0.39, 0.29) is 12.5 Å². The predicted octanol–water partition coefficient (Wildman–Crippen LogP) is 4.79. The van der Waals surface area contributed by atoms with E-state index in [1.54, 1.807) is 30.3 Å². The fourth-order valence-corrected chi connectivity index (χ4v) is 4.40. The van der Waals surface area contributed by atoms with E-state index in [2.05, 4.69) is 34.9 Å². The van der Waals surface area contributed by atoms with Crippen molar-refractivity contribution in [1.82, 2.24) is 5.32 Å². The third-order valence-corrected chi connectivity index (χ3v) is 6.45. The molecule has 176 valence electrons. The predicted molar refractivity (Wildman–Crippen MR) is 132 cm³/mol. The second-order valence-corrected chi connectivity index (χ2v) is 8.78. The molecule has 0 heterocycles. The summed E-state index contributed by atoms with van der Waals surface area (Å²) in [5.41, 5.74) is 4.83. The normalized spacial score (nSPS) is 15.2. The maximum atomic E-state index is 12.4. The highest BCUT2D eigenvalue weighted by atomic mass is 16.5. The Bertz CT molecular complexity index is 1280. The minimum atomic E-state index is -1.11. The number of aliphatic carboxylic acids is 1. The molecule has 0 radical (unpaired) electrons. The number of fused-ring (bicyclic) bond motifs is 3. The van der Waals surface area contributed by atoms with Gasteiger partial charge in [0, 0.05) is 17.7 Å². The van der Waals surface area contributed by atoms with Crippen LogP contribution in [0.5, 0.6) is 0 Å². The van der Waals surface area contributed by atoms with Crippen molar-refractivity contribution < 1.29 is 24.2 Å². The Morgan fingerprint density at radius 2 is 1.51 bits per heavy atom. The fraction of sp³-hybridized carbons (Fsp3) is 0.179. The van der Waals surface area contributed by atoms with E-state index in [1.165, 1.54) is 17.2 Å². The SMILES string of the molecule is O=C(/C=C/c1ccc(NC(=O)OCC2c3ccccc3-c3ccccc32)cc1)NC1(C(=O)O)CC1. The molecule has 2 amide bonds. The molecule has 7 nitrogen and oxygen atoms in total. The zero-order valence-corrected chi connectivity index (χ0v) is 18.9. The number of amides is 2. The minimum Gasteiger partial charge on any atom is -0.480 e. The van der Waals surface area contributed by atoms with Crippen molar-refractivity contribution in [3.05, 3.63) is 95.6 Å². The summed E-state index contributed by atoms with van der Waals surface area (Å²) in [5.74, 6) is -1.48. The molecule has 2 aliphatic carbocycles. The van der Waals surface area contributed by atoms with E-state index < -0.39 is 23.5 Å². The number of hydrogen-bond acceptors (Lipinski definition) is 4. The first-order valence-electron chi connectivity index (χ1n) is 11.4. The number of nitrogens with one attached hydrogen (secondary N) is 2. The van der Waals surface area contributed by atoms with Crippen LogP contribution in [0.3, 0.4) is 0 Å². The summed E-state index contributed by atoms with van der Waals surface area (Å²) in [7, 11) is 0. The highest BCUT2D eigenvalue weighted by molar-refractivity contribution is 5.97. The Morgan fingerprint density at radius 3 is 2.09 bits per heavy atom. The van der Waals surface area contributed by atoms with Crippen LogP contribution in [0.4, 0.5) is 10.5 Å². The van der Waals surface area contributed by atoms with E-state index in [0.29, 0.717) is 18.5 Å². The lowest BCUT2D eigenvalue weighted by molar-refractivity contribution is -0.142. The van der Waals surface area contributed by atoms with Crippen molar-refractivity contribution in [3.8, 4) is 11.1 Å². The van der Waals surface area contributed by atoms with Crippen LogP contribution >= 0.6 is 0 Å². The van der Waals surface area contributed by atoms with Crippen molar-refractivity contribution in [2.75, 3.05) is 11.9 Å². The summed E-state index contributed by atoms with van der Waals surface area (Å²) in [6, 6.07) is 23.2. The van der Waals surface area contributed by atoms with Gasteiger partial charge in [-0.15, -0.1) is 0 Å². The molecule has 3 aromatic carbocycles. The second-order valence-electron chi connectivity index (χ2n) is 8.78. The van der Waals surface area contributed by atoms with Gasteiger partial charge in [-0.1, -0.05) is 60.7 Å². The molecule has 0 spiro atoms. The molecule has 0 bridgehead atoms. The van der Waals surface area contributed by atoms with Crippen molar-refractivity contribution in [2.24, 2.45) is 0 Å². The Hall–Kier alpha value is -4.39. The van der Waals surface area contributed by atoms with Gasteiger partial charge in [-0.25, -0.2) is 9.59 Å². The lowest BCUT2D eigenvalue weighted by atomic mass is 9.98. The van der Waals surface area contributed by atoms with Gasteiger partial charge in [0.1, 0.15) is 12.1 Å². The van der Waals surface area contributed by atoms with E-state index in [0.717, 1.165) is 16.7 Å². The van der Waals surface area contributed by atoms with Gasteiger partial charge in [-0.05, 0) is 58.9 Å². The first kappa shape index (κ1) is 22.4. The Labute approximate surface area is 202 Å². The summed E-state index contributed by atoms with van der Waals surface area (Å²) < 4.78 is 5.56. The van der Waals surface area contributed by atoms with Gasteiger partial charge in [0.05, 0.1) is 0 Å². The van der Waals surface area contributed by atoms with Crippen LogP contribution in [-0.4, -0.2) is 35.2 Å². The van der Waals surface area contributed by atoms with Crippen LogP contribution in [-0.2, 0) is 14.3 Å². The number of carboxylic acid groups (broad SMARTS) is 1. The molecular weight excluding hydrogens is 444 g/mol. The molecule has 2 aliphatic rings. The molecule has 0 aliphatic heterocycles. The zero-order chi connectivity index (χ0) is 24.4. The molecule has 7 heteroatoms. The smallest absolute Gasteiger partial charge is 0.411 e. The molecular formula is C28H24N2O5. The molecule has 0 aromatic heterocycles. The molecule has 0 unspecified atom stereocenters. The summed E-state index contributed by atoms with van der Waals surface area (Å²) in [5, 5.41) is 14.4. The Kier molecular flexibility index (Phi) is 5.82. The van der Waals surface area contributed by atoms with E-state index in [4.69, 9.17) is 9.84 Å². The van der Waals surface area contributed by atoms with Crippen LogP contribution in [0.15, 0.2) is 78.9 Å². The number of rotatable bonds is 7. The van der Waals surface area contributed by atoms with Gasteiger partial charge < -0.3 is 15.2 Å². The Morgan fingerprint density at radius 1 is 0.914 bits per heavy atom. The van der Waals surface area contributed by atoms with Gasteiger partial charge in [0.15, 0.2) is 0 Å². The third kappa shape index (κ3) is 4.66. The van der Waals surface area contributed by atoms with Crippen LogP contribution in [0.2, 0.25) is 0 Å². The fourth-order valence-electron chi connectivity index (χ4n) is 4.40. The highest BCUT2D eigenvalue weighted by Gasteiger charge is 2.51. The molecule has 35 heavy (non-hydrogen) atoms. The number of anilines is 1. The standard InChI is InChI=1S/C28H24N2O5/c31-25(30-28(15-16-28)26(32)33)14-11-18-9-12-19(13-10-18)29-27(34)35-17-24-22-7-3-1-5-20(22)21-6-2-4-8-23(21)24/h1-14,24H,15-17H2,(H,29,34)(H,30,31)(H,32,33)/b14-11+. The Balaban J connectivity index is 1.16. The molecule has 0 atom stereocenters. The zero-order valence-electron chi connectivity index (χ0n) is 18.9. The molecule has 5 rings (SSSR count). The quantitative estimate of drug-likeness (QED) is 0.432. The maximum Gasteiger partial charge on any atom is 0.411 e. The van der Waals surface area contributed by atoms with Crippen LogP contribution in [0.25, 0.3) is 17.2 Å². The number of ether oxygens (including phenoxy) is 1. The van der Waals surface area contributed by atoms with Crippen molar-refractivity contribution in [3.63, 3.8) is 0 Å².